The predicted octanol–water partition coefficient (Wildman–Crippen LogP) is 3.40. The largest absolute Gasteiger partial charge is 0.313 e. The van der Waals surface area contributed by atoms with Crippen molar-refractivity contribution in [1.82, 2.24) is 5.32 Å². The van der Waals surface area contributed by atoms with Gasteiger partial charge < -0.3 is 5.32 Å². The van der Waals surface area contributed by atoms with Crippen LogP contribution in [0, 0.1) is 13.8 Å². The molecule has 0 amide bonds. The van der Waals surface area contributed by atoms with Crippen LogP contribution in [0.15, 0.2) is 29.8 Å². The number of allylic oxidation sites excluding steroid dienone is 1. The van der Waals surface area contributed by atoms with Gasteiger partial charge in [-0.25, -0.2) is 0 Å². The summed E-state index contributed by atoms with van der Waals surface area (Å²) < 4.78 is 0. The first-order chi connectivity index (χ1) is 7.51. The fraction of sp³-hybridized carbons (Fsp3) is 0.467. The Morgan fingerprint density at radius 1 is 1.19 bits per heavy atom. The van der Waals surface area contributed by atoms with Gasteiger partial charge in [-0.1, -0.05) is 41.0 Å². The van der Waals surface area contributed by atoms with E-state index in [0.29, 0.717) is 6.04 Å². The summed E-state index contributed by atoms with van der Waals surface area (Å²) >= 11 is 0. The SMILES string of the molecule is CNC(C=C(C)C)Cc1cc(C)cc(C)c1. The fourth-order valence-corrected chi connectivity index (χ4v) is 2.09. The molecule has 1 aromatic carbocycles. The van der Waals surface area contributed by atoms with Crippen molar-refractivity contribution in [1.29, 1.82) is 0 Å². The van der Waals surface area contributed by atoms with E-state index in [-0.39, 0.29) is 0 Å². The molecule has 0 saturated carbocycles. The first-order valence-electron chi connectivity index (χ1n) is 5.90. The summed E-state index contributed by atoms with van der Waals surface area (Å²) in [6.45, 7) is 8.61. The lowest BCUT2D eigenvalue weighted by Crippen LogP contribution is -2.25. The Balaban J connectivity index is 2.81. The minimum absolute atomic E-state index is 0.436. The molecule has 1 heteroatoms. The molecule has 0 heterocycles. The van der Waals surface area contributed by atoms with Gasteiger partial charge in [0.25, 0.3) is 0 Å². The van der Waals surface area contributed by atoms with Crippen LogP contribution in [0.25, 0.3) is 0 Å². The van der Waals surface area contributed by atoms with Crippen molar-refractivity contribution in [3.05, 3.63) is 46.5 Å². The van der Waals surface area contributed by atoms with Crippen LogP contribution in [-0.4, -0.2) is 13.1 Å². The molecule has 0 aliphatic rings. The first kappa shape index (κ1) is 13.0. The summed E-state index contributed by atoms with van der Waals surface area (Å²) in [5.41, 5.74) is 5.47. The van der Waals surface area contributed by atoms with Gasteiger partial charge >= 0.3 is 0 Å². The van der Waals surface area contributed by atoms with Gasteiger partial charge in [0.1, 0.15) is 0 Å². The van der Waals surface area contributed by atoms with Crippen molar-refractivity contribution >= 4 is 0 Å². The van der Waals surface area contributed by atoms with Gasteiger partial charge in [0.05, 0.1) is 0 Å². The lowest BCUT2D eigenvalue weighted by atomic mass is 10.0. The highest BCUT2D eigenvalue weighted by Gasteiger charge is 2.04. The molecule has 1 N–H and O–H groups in total. The summed E-state index contributed by atoms with van der Waals surface area (Å²) in [7, 11) is 2.02. The topological polar surface area (TPSA) is 12.0 Å². The van der Waals surface area contributed by atoms with Gasteiger partial charge in [0, 0.05) is 6.04 Å². The molecule has 0 saturated heterocycles. The Kier molecular flexibility index (Phi) is 4.75. The molecule has 0 bridgehead atoms. The molecule has 1 atom stereocenters. The smallest absolute Gasteiger partial charge is 0.0290 e. The molecule has 16 heavy (non-hydrogen) atoms. The van der Waals surface area contributed by atoms with Gasteiger partial charge in [0.15, 0.2) is 0 Å². The molecular weight excluding hydrogens is 194 g/mol. The van der Waals surface area contributed by atoms with E-state index in [4.69, 9.17) is 0 Å². The Hall–Kier alpha value is -1.08. The van der Waals surface area contributed by atoms with Crippen LogP contribution in [0.3, 0.4) is 0 Å². The third-order valence-corrected chi connectivity index (χ3v) is 2.64. The molecule has 1 rings (SSSR count). The van der Waals surface area contributed by atoms with Gasteiger partial charge in [-0.2, -0.15) is 0 Å². The maximum absolute atomic E-state index is 3.34. The number of benzene rings is 1. The highest BCUT2D eigenvalue weighted by atomic mass is 14.9. The molecule has 0 aromatic heterocycles. The van der Waals surface area contributed by atoms with E-state index in [2.05, 4.69) is 57.3 Å². The van der Waals surface area contributed by atoms with E-state index in [1.54, 1.807) is 0 Å². The summed E-state index contributed by atoms with van der Waals surface area (Å²) in [6.07, 6.45) is 3.35. The van der Waals surface area contributed by atoms with Crippen LogP contribution >= 0.6 is 0 Å². The van der Waals surface area contributed by atoms with Crippen LogP contribution in [0.1, 0.15) is 30.5 Å². The summed E-state index contributed by atoms with van der Waals surface area (Å²) in [5.74, 6) is 0. The van der Waals surface area contributed by atoms with E-state index in [1.807, 2.05) is 7.05 Å². The number of hydrogen-bond donors (Lipinski definition) is 1. The monoisotopic (exact) mass is 217 g/mol. The number of rotatable bonds is 4. The second-order valence-electron chi connectivity index (χ2n) is 4.84. The fourth-order valence-electron chi connectivity index (χ4n) is 2.09. The number of hydrogen-bond acceptors (Lipinski definition) is 1. The number of likely N-dealkylation sites (N-methyl/N-ethyl adjacent to an activating group) is 1. The molecule has 1 aromatic rings. The Morgan fingerprint density at radius 2 is 1.75 bits per heavy atom. The molecular formula is C15H23N. The van der Waals surface area contributed by atoms with E-state index in [1.165, 1.54) is 22.3 Å². The van der Waals surface area contributed by atoms with E-state index >= 15 is 0 Å². The Bertz CT molecular complexity index is 353. The highest BCUT2D eigenvalue weighted by molar-refractivity contribution is 5.29. The highest BCUT2D eigenvalue weighted by Crippen LogP contribution is 2.12. The maximum atomic E-state index is 3.34. The lowest BCUT2D eigenvalue weighted by Gasteiger charge is -2.13. The van der Waals surface area contributed by atoms with Crippen molar-refractivity contribution in [2.45, 2.75) is 40.2 Å². The quantitative estimate of drug-likeness (QED) is 0.762. The van der Waals surface area contributed by atoms with Crippen molar-refractivity contribution in [2.75, 3.05) is 7.05 Å². The number of aryl methyl sites for hydroxylation is 2. The maximum Gasteiger partial charge on any atom is 0.0290 e. The zero-order chi connectivity index (χ0) is 12.1. The summed E-state index contributed by atoms with van der Waals surface area (Å²) in [6, 6.07) is 7.21. The second kappa shape index (κ2) is 5.86. The van der Waals surface area contributed by atoms with Crippen LogP contribution in [-0.2, 0) is 6.42 Å². The molecule has 88 valence electrons. The third kappa shape index (κ3) is 4.19. The van der Waals surface area contributed by atoms with Crippen molar-refractivity contribution in [2.24, 2.45) is 0 Å². The second-order valence-corrected chi connectivity index (χ2v) is 4.84. The Labute approximate surface area is 99.6 Å². The molecule has 0 radical (unpaired) electrons. The number of nitrogens with one attached hydrogen (secondary N) is 1. The van der Waals surface area contributed by atoms with Gasteiger partial charge in [-0.05, 0) is 46.7 Å². The zero-order valence-electron chi connectivity index (χ0n) is 11.1. The van der Waals surface area contributed by atoms with Crippen LogP contribution in [0.2, 0.25) is 0 Å². The van der Waals surface area contributed by atoms with Gasteiger partial charge in [-0.15, -0.1) is 0 Å². The van der Waals surface area contributed by atoms with Crippen molar-refractivity contribution in [3.8, 4) is 0 Å². The van der Waals surface area contributed by atoms with Crippen LogP contribution in [0.5, 0.6) is 0 Å². The molecule has 1 unspecified atom stereocenters. The van der Waals surface area contributed by atoms with E-state index < -0.39 is 0 Å². The summed E-state index contributed by atoms with van der Waals surface area (Å²) in [5, 5.41) is 3.34. The average Bonchev–Trinajstić information content (AvgIpc) is 2.14. The minimum Gasteiger partial charge on any atom is -0.313 e. The first-order valence-corrected chi connectivity index (χ1v) is 5.90. The molecule has 0 spiro atoms. The molecule has 0 aliphatic carbocycles. The molecule has 0 aliphatic heterocycles. The zero-order valence-corrected chi connectivity index (χ0v) is 11.1. The van der Waals surface area contributed by atoms with Gasteiger partial charge in [-0.3, -0.25) is 0 Å². The van der Waals surface area contributed by atoms with Crippen molar-refractivity contribution < 1.29 is 0 Å². The van der Waals surface area contributed by atoms with Crippen molar-refractivity contribution in [3.63, 3.8) is 0 Å². The standard InChI is InChI=1S/C15H23N/c1-11(2)6-15(16-5)10-14-8-12(3)7-13(4)9-14/h6-9,15-16H,10H2,1-5H3. The molecule has 0 fully saturated rings. The minimum atomic E-state index is 0.436. The predicted molar refractivity (Wildman–Crippen MR) is 71.9 cm³/mol. The van der Waals surface area contributed by atoms with Crippen LogP contribution in [0.4, 0.5) is 0 Å². The lowest BCUT2D eigenvalue weighted by molar-refractivity contribution is 0.660. The van der Waals surface area contributed by atoms with Crippen LogP contribution < -0.4 is 5.32 Å². The molecule has 1 nitrogen and oxygen atoms in total. The normalized spacial score (nSPS) is 12.3. The Morgan fingerprint density at radius 3 is 2.19 bits per heavy atom. The average molecular weight is 217 g/mol. The van der Waals surface area contributed by atoms with Gasteiger partial charge in [0.2, 0.25) is 0 Å². The summed E-state index contributed by atoms with van der Waals surface area (Å²) in [4.78, 5) is 0. The third-order valence-electron chi connectivity index (χ3n) is 2.64. The van der Waals surface area contributed by atoms with E-state index in [0.717, 1.165) is 6.42 Å². The van der Waals surface area contributed by atoms with E-state index in [9.17, 15) is 0 Å².